The molecule has 4 nitrogen and oxygen atoms in total. The Kier molecular flexibility index (Phi) is 3.47. The van der Waals surface area contributed by atoms with Gasteiger partial charge in [0.1, 0.15) is 17.0 Å². The maximum absolute atomic E-state index is 13.1. The quantitative estimate of drug-likeness (QED) is 0.737. The summed E-state index contributed by atoms with van der Waals surface area (Å²) in [4.78, 5) is 24.2. The molecule has 3 aromatic rings. The number of anilines is 1. The Labute approximate surface area is 125 Å². The van der Waals surface area contributed by atoms with Crippen LogP contribution in [0.25, 0.3) is 11.0 Å². The summed E-state index contributed by atoms with van der Waals surface area (Å²) in [6.45, 7) is 1.67. The standard InChI is InChI=1S/C17H12FNO3/c1-10-8-12(18)6-7-14(10)19-16(20)13-9-11-4-2-3-5-15(11)22-17(13)21/h2-9H,1H3,(H,19,20). The van der Waals surface area contributed by atoms with E-state index in [0.717, 1.165) is 0 Å². The maximum Gasteiger partial charge on any atom is 0.349 e. The average molecular weight is 297 g/mol. The fourth-order valence-electron chi connectivity index (χ4n) is 2.18. The average Bonchev–Trinajstić information content (AvgIpc) is 2.49. The van der Waals surface area contributed by atoms with Crippen molar-refractivity contribution in [2.45, 2.75) is 6.92 Å². The zero-order valence-electron chi connectivity index (χ0n) is 11.7. The SMILES string of the molecule is Cc1cc(F)ccc1NC(=O)c1cc2ccccc2oc1=O. The van der Waals surface area contributed by atoms with Crippen molar-refractivity contribution in [1.82, 2.24) is 0 Å². The summed E-state index contributed by atoms with van der Waals surface area (Å²) in [5.74, 6) is -0.977. The first-order chi connectivity index (χ1) is 10.5. The van der Waals surface area contributed by atoms with Gasteiger partial charge in [0.05, 0.1) is 0 Å². The van der Waals surface area contributed by atoms with Crippen molar-refractivity contribution in [2.75, 3.05) is 5.32 Å². The van der Waals surface area contributed by atoms with Crippen LogP contribution in [0, 0.1) is 12.7 Å². The molecule has 22 heavy (non-hydrogen) atoms. The van der Waals surface area contributed by atoms with E-state index in [2.05, 4.69) is 5.32 Å². The van der Waals surface area contributed by atoms with Crippen LogP contribution in [-0.2, 0) is 0 Å². The van der Waals surface area contributed by atoms with Gasteiger partial charge in [0.15, 0.2) is 0 Å². The highest BCUT2D eigenvalue weighted by Gasteiger charge is 2.14. The Morgan fingerprint density at radius 1 is 1.14 bits per heavy atom. The van der Waals surface area contributed by atoms with E-state index in [1.54, 1.807) is 31.2 Å². The van der Waals surface area contributed by atoms with Crippen LogP contribution in [0.2, 0.25) is 0 Å². The molecule has 1 amide bonds. The van der Waals surface area contributed by atoms with Crippen LogP contribution in [0.15, 0.2) is 57.7 Å². The zero-order chi connectivity index (χ0) is 15.7. The van der Waals surface area contributed by atoms with Crippen molar-refractivity contribution >= 4 is 22.6 Å². The molecule has 0 bridgehead atoms. The molecule has 0 saturated carbocycles. The van der Waals surface area contributed by atoms with Gasteiger partial charge in [0, 0.05) is 11.1 Å². The fourth-order valence-corrected chi connectivity index (χ4v) is 2.18. The molecule has 110 valence electrons. The molecule has 5 heteroatoms. The summed E-state index contributed by atoms with van der Waals surface area (Å²) in [6, 6.07) is 12.4. The highest BCUT2D eigenvalue weighted by molar-refractivity contribution is 6.05. The predicted molar refractivity (Wildman–Crippen MR) is 81.6 cm³/mol. The highest BCUT2D eigenvalue weighted by atomic mass is 19.1. The van der Waals surface area contributed by atoms with Crippen LogP contribution in [0.5, 0.6) is 0 Å². The first-order valence-electron chi connectivity index (χ1n) is 6.65. The molecule has 0 atom stereocenters. The van der Waals surface area contributed by atoms with Gasteiger partial charge in [-0.15, -0.1) is 0 Å². The molecule has 3 rings (SSSR count). The third-order valence-electron chi connectivity index (χ3n) is 3.32. The maximum atomic E-state index is 13.1. The number of hydrogen-bond donors (Lipinski definition) is 1. The van der Waals surface area contributed by atoms with Crippen LogP contribution in [-0.4, -0.2) is 5.91 Å². The number of halogens is 1. The van der Waals surface area contributed by atoms with Crippen LogP contribution in [0.1, 0.15) is 15.9 Å². The molecule has 0 unspecified atom stereocenters. The number of hydrogen-bond acceptors (Lipinski definition) is 3. The smallest absolute Gasteiger partial charge is 0.349 e. The Hall–Kier alpha value is -2.95. The van der Waals surface area contributed by atoms with Gasteiger partial charge in [0.2, 0.25) is 0 Å². The molecule has 2 aromatic carbocycles. The Bertz CT molecular complexity index is 931. The van der Waals surface area contributed by atoms with Crippen molar-refractivity contribution in [2.24, 2.45) is 0 Å². The van der Waals surface area contributed by atoms with Gasteiger partial charge in [-0.3, -0.25) is 4.79 Å². The van der Waals surface area contributed by atoms with E-state index in [4.69, 9.17) is 4.42 Å². The van der Waals surface area contributed by atoms with E-state index < -0.39 is 11.5 Å². The molecule has 0 spiro atoms. The van der Waals surface area contributed by atoms with Crippen molar-refractivity contribution < 1.29 is 13.6 Å². The molecule has 1 heterocycles. The summed E-state index contributed by atoms with van der Waals surface area (Å²) in [5, 5.41) is 3.25. The summed E-state index contributed by atoms with van der Waals surface area (Å²) >= 11 is 0. The Morgan fingerprint density at radius 3 is 2.68 bits per heavy atom. The summed E-state index contributed by atoms with van der Waals surface area (Å²) < 4.78 is 18.2. The minimum absolute atomic E-state index is 0.0950. The van der Waals surface area contributed by atoms with Gasteiger partial charge >= 0.3 is 5.63 Å². The first-order valence-corrected chi connectivity index (χ1v) is 6.65. The van der Waals surface area contributed by atoms with E-state index in [9.17, 15) is 14.0 Å². The van der Waals surface area contributed by atoms with E-state index in [1.165, 1.54) is 24.3 Å². The highest BCUT2D eigenvalue weighted by Crippen LogP contribution is 2.17. The van der Waals surface area contributed by atoms with E-state index in [-0.39, 0.29) is 11.4 Å². The summed E-state index contributed by atoms with van der Waals surface area (Å²) in [7, 11) is 0. The lowest BCUT2D eigenvalue weighted by atomic mass is 10.1. The molecule has 0 fully saturated rings. The normalized spacial score (nSPS) is 10.6. The predicted octanol–water partition coefficient (Wildman–Crippen LogP) is 3.49. The first kappa shape index (κ1) is 14.0. The number of benzene rings is 2. The molecule has 0 radical (unpaired) electrons. The lowest BCUT2D eigenvalue weighted by molar-refractivity contribution is 0.102. The van der Waals surface area contributed by atoms with Crippen LogP contribution in [0.4, 0.5) is 10.1 Å². The van der Waals surface area contributed by atoms with Gasteiger partial charge in [-0.25, -0.2) is 9.18 Å². The molecular weight excluding hydrogens is 285 g/mol. The van der Waals surface area contributed by atoms with Gasteiger partial charge < -0.3 is 9.73 Å². The Morgan fingerprint density at radius 2 is 1.91 bits per heavy atom. The van der Waals surface area contributed by atoms with Crippen molar-refractivity contribution in [3.63, 3.8) is 0 Å². The lowest BCUT2D eigenvalue weighted by Gasteiger charge is -2.08. The second-order valence-corrected chi connectivity index (χ2v) is 4.90. The van der Waals surface area contributed by atoms with Crippen LogP contribution < -0.4 is 10.9 Å². The topological polar surface area (TPSA) is 59.3 Å². The molecular formula is C17H12FNO3. The number of rotatable bonds is 2. The molecule has 1 N–H and O–H groups in total. The van der Waals surface area contributed by atoms with Crippen LogP contribution >= 0.6 is 0 Å². The zero-order valence-corrected chi connectivity index (χ0v) is 11.7. The minimum atomic E-state index is -0.712. The number of fused-ring (bicyclic) bond motifs is 1. The van der Waals surface area contributed by atoms with Crippen LogP contribution in [0.3, 0.4) is 0 Å². The van der Waals surface area contributed by atoms with E-state index >= 15 is 0 Å². The number of nitrogens with one attached hydrogen (secondary N) is 1. The molecule has 0 aliphatic rings. The van der Waals surface area contributed by atoms with Gasteiger partial charge in [-0.2, -0.15) is 0 Å². The molecule has 0 aliphatic carbocycles. The largest absolute Gasteiger partial charge is 0.422 e. The van der Waals surface area contributed by atoms with Crippen molar-refractivity contribution in [3.8, 4) is 0 Å². The van der Waals surface area contributed by atoms with Crippen molar-refractivity contribution in [3.05, 3.63) is 75.9 Å². The van der Waals surface area contributed by atoms with Crippen molar-refractivity contribution in [1.29, 1.82) is 0 Å². The number of para-hydroxylation sites is 1. The second-order valence-electron chi connectivity index (χ2n) is 4.90. The number of carbonyl (C=O) groups excluding carboxylic acids is 1. The van der Waals surface area contributed by atoms with Gasteiger partial charge in [-0.1, -0.05) is 18.2 Å². The monoisotopic (exact) mass is 297 g/mol. The van der Waals surface area contributed by atoms with Gasteiger partial charge in [0.25, 0.3) is 5.91 Å². The lowest BCUT2D eigenvalue weighted by Crippen LogP contribution is -2.21. The number of aryl methyl sites for hydroxylation is 1. The number of carbonyl (C=O) groups is 1. The fraction of sp³-hybridized carbons (Fsp3) is 0.0588. The molecule has 0 saturated heterocycles. The molecule has 0 aliphatic heterocycles. The van der Waals surface area contributed by atoms with Gasteiger partial charge in [-0.05, 0) is 42.8 Å². The summed E-state index contributed by atoms with van der Waals surface area (Å²) in [6.07, 6.45) is 0. The molecule has 1 aromatic heterocycles. The second kappa shape index (κ2) is 5.44. The number of amides is 1. The summed E-state index contributed by atoms with van der Waals surface area (Å²) in [5.41, 5.74) is 0.623. The minimum Gasteiger partial charge on any atom is -0.422 e. The van der Waals surface area contributed by atoms with E-state index in [1.807, 2.05) is 0 Å². The van der Waals surface area contributed by atoms with E-state index in [0.29, 0.717) is 22.2 Å². The third-order valence-corrected chi connectivity index (χ3v) is 3.32. The third kappa shape index (κ3) is 2.61. The Balaban J connectivity index is 1.98.